The maximum Gasteiger partial charge on any atom is 0.416 e. The molecular formula is C20H24F3NO3S. The number of aliphatic hydroxyl groups is 1. The van der Waals surface area contributed by atoms with Crippen LogP contribution in [0.15, 0.2) is 45.6 Å². The molecule has 1 atom stereocenters. The Balaban J connectivity index is 1.88. The number of hydrogen-bond donors (Lipinski definition) is 1. The summed E-state index contributed by atoms with van der Waals surface area (Å²) >= 11 is 1.44. The number of thioether (sulfide) groups is 1. The second-order valence-corrected chi connectivity index (χ2v) is 7.86. The summed E-state index contributed by atoms with van der Waals surface area (Å²) in [6.07, 6.45) is -2.16. The Labute approximate surface area is 166 Å². The van der Waals surface area contributed by atoms with Gasteiger partial charge in [-0.25, -0.2) is 0 Å². The van der Waals surface area contributed by atoms with E-state index in [9.17, 15) is 23.1 Å². The average molecular weight is 415 g/mol. The van der Waals surface area contributed by atoms with E-state index in [0.29, 0.717) is 37.3 Å². The number of rotatable bonds is 8. The second kappa shape index (κ2) is 10.0. The van der Waals surface area contributed by atoms with Crippen LogP contribution in [0.2, 0.25) is 0 Å². The minimum absolute atomic E-state index is 0.00237. The average Bonchev–Trinajstić information content (AvgIpc) is 2.61. The summed E-state index contributed by atoms with van der Waals surface area (Å²) in [5.74, 6) is 0.526. The van der Waals surface area contributed by atoms with Crippen molar-refractivity contribution in [3.63, 3.8) is 0 Å². The molecule has 8 heteroatoms. The van der Waals surface area contributed by atoms with Crippen LogP contribution in [-0.4, -0.2) is 29.0 Å². The summed E-state index contributed by atoms with van der Waals surface area (Å²) in [5.41, 5.74) is -0.0476. The normalized spacial score (nSPS) is 18.5. The van der Waals surface area contributed by atoms with Crippen molar-refractivity contribution in [1.29, 1.82) is 0 Å². The number of carbonyl (C=O) groups excluding carboxylic acids is 1. The lowest BCUT2D eigenvalue weighted by Gasteiger charge is -2.23. The van der Waals surface area contributed by atoms with Crippen molar-refractivity contribution in [1.82, 2.24) is 0 Å². The largest absolute Gasteiger partial charge is 0.511 e. The van der Waals surface area contributed by atoms with Crippen LogP contribution in [-0.2, 0) is 15.8 Å². The van der Waals surface area contributed by atoms with Crippen LogP contribution in [0, 0.1) is 5.92 Å². The lowest BCUT2D eigenvalue weighted by molar-refractivity contribution is -0.137. The molecule has 1 unspecified atom stereocenters. The number of allylic oxidation sites excluding steroid dienone is 2. The molecule has 0 amide bonds. The number of ketones is 1. The highest BCUT2D eigenvalue weighted by atomic mass is 32.2. The van der Waals surface area contributed by atoms with Crippen LogP contribution in [0.1, 0.15) is 45.1 Å². The van der Waals surface area contributed by atoms with Gasteiger partial charge in [0.2, 0.25) is 0 Å². The van der Waals surface area contributed by atoms with E-state index < -0.39 is 11.7 Å². The van der Waals surface area contributed by atoms with Crippen LogP contribution in [0.3, 0.4) is 0 Å². The topological polar surface area (TPSA) is 58.9 Å². The molecule has 0 fully saturated rings. The van der Waals surface area contributed by atoms with Gasteiger partial charge in [-0.3, -0.25) is 4.79 Å². The van der Waals surface area contributed by atoms with Gasteiger partial charge in [0.1, 0.15) is 12.4 Å². The van der Waals surface area contributed by atoms with Crippen molar-refractivity contribution in [2.45, 2.75) is 50.6 Å². The first-order valence-electron chi connectivity index (χ1n) is 9.14. The van der Waals surface area contributed by atoms with Gasteiger partial charge in [0.25, 0.3) is 0 Å². The zero-order valence-electron chi connectivity index (χ0n) is 15.9. The maximum atomic E-state index is 12.6. The Morgan fingerprint density at radius 1 is 1.29 bits per heavy atom. The van der Waals surface area contributed by atoms with Gasteiger partial charge in [-0.15, -0.1) is 11.8 Å². The van der Waals surface area contributed by atoms with E-state index in [1.807, 2.05) is 6.92 Å². The van der Waals surface area contributed by atoms with Gasteiger partial charge >= 0.3 is 6.18 Å². The number of nitrogens with zero attached hydrogens (tertiary/aromatic N) is 1. The number of carbonyl (C=O) groups is 1. The number of alkyl halides is 3. The van der Waals surface area contributed by atoms with Crippen molar-refractivity contribution >= 4 is 23.3 Å². The van der Waals surface area contributed by atoms with Gasteiger partial charge in [0.15, 0.2) is 5.78 Å². The molecule has 0 saturated carbocycles. The fraction of sp³-hybridized carbons (Fsp3) is 0.500. The Morgan fingerprint density at radius 3 is 2.54 bits per heavy atom. The highest BCUT2D eigenvalue weighted by molar-refractivity contribution is 7.99. The van der Waals surface area contributed by atoms with Gasteiger partial charge in [-0.05, 0) is 55.7 Å². The van der Waals surface area contributed by atoms with Gasteiger partial charge in [0, 0.05) is 17.7 Å². The lowest BCUT2D eigenvalue weighted by Crippen LogP contribution is -2.24. The first-order chi connectivity index (χ1) is 13.2. The first kappa shape index (κ1) is 22.3. The van der Waals surface area contributed by atoms with E-state index in [1.165, 1.54) is 23.9 Å². The number of aliphatic hydroxyl groups excluding tert-OH is 1. The number of Topliss-reactive ketones (excluding diaryl/α,β-unsaturated/α-hetero) is 1. The van der Waals surface area contributed by atoms with Crippen LogP contribution in [0.25, 0.3) is 0 Å². The molecule has 1 aliphatic carbocycles. The molecular weight excluding hydrogens is 391 g/mol. The van der Waals surface area contributed by atoms with E-state index in [2.05, 4.69) is 5.16 Å². The Bertz CT molecular complexity index is 742. The first-order valence-corrected chi connectivity index (χ1v) is 10.1. The van der Waals surface area contributed by atoms with E-state index in [1.54, 1.807) is 6.92 Å². The fourth-order valence-corrected chi connectivity index (χ4v) is 3.97. The predicted molar refractivity (Wildman–Crippen MR) is 104 cm³/mol. The fourth-order valence-electron chi connectivity index (χ4n) is 2.95. The summed E-state index contributed by atoms with van der Waals surface area (Å²) < 4.78 is 37.7. The number of benzene rings is 1. The summed E-state index contributed by atoms with van der Waals surface area (Å²) in [7, 11) is 0. The van der Waals surface area contributed by atoms with Gasteiger partial charge in [-0.2, -0.15) is 13.2 Å². The van der Waals surface area contributed by atoms with Crippen LogP contribution in [0.4, 0.5) is 13.2 Å². The molecule has 4 nitrogen and oxygen atoms in total. The molecule has 0 saturated heterocycles. The molecule has 0 spiro atoms. The molecule has 1 aliphatic rings. The van der Waals surface area contributed by atoms with Crippen LogP contribution < -0.4 is 0 Å². The van der Waals surface area contributed by atoms with E-state index >= 15 is 0 Å². The smallest absolute Gasteiger partial charge is 0.416 e. The van der Waals surface area contributed by atoms with E-state index in [4.69, 9.17) is 4.84 Å². The molecule has 1 N–H and O–H groups in total. The standard InChI is InChI=1S/C20H24F3NO3S/c1-3-9-27-24-13(2)19-17(25)11-14(12-18(19)26)8-10-28-16-6-4-15(5-7-16)20(21,22)23/h4-7,14,25H,3,8-12H2,1-2H3/b24-13+. The summed E-state index contributed by atoms with van der Waals surface area (Å²) in [6.45, 7) is 4.03. The molecule has 154 valence electrons. The minimum Gasteiger partial charge on any atom is -0.511 e. The third-order valence-electron chi connectivity index (χ3n) is 4.36. The molecule has 1 aromatic carbocycles. The second-order valence-electron chi connectivity index (χ2n) is 6.69. The molecule has 0 bridgehead atoms. The lowest BCUT2D eigenvalue weighted by atomic mass is 9.84. The molecule has 0 radical (unpaired) electrons. The van der Waals surface area contributed by atoms with Crippen molar-refractivity contribution < 1.29 is 27.9 Å². The summed E-state index contributed by atoms with van der Waals surface area (Å²) in [5, 5.41) is 14.2. The zero-order chi connectivity index (χ0) is 20.7. The van der Waals surface area contributed by atoms with E-state index in [-0.39, 0.29) is 23.0 Å². The van der Waals surface area contributed by atoms with Crippen molar-refractivity contribution in [2.24, 2.45) is 11.1 Å². The number of hydrogen-bond acceptors (Lipinski definition) is 5. The molecule has 0 heterocycles. The third kappa shape index (κ3) is 6.29. The Kier molecular flexibility index (Phi) is 7.98. The zero-order valence-corrected chi connectivity index (χ0v) is 16.7. The molecule has 28 heavy (non-hydrogen) atoms. The summed E-state index contributed by atoms with van der Waals surface area (Å²) in [4.78, 5) is 18.2. The monoisotopic (exact) mass is 415 g/mol. The van der Waals surface area contributed by atoms with Crippen LogP contribution >= 0.6 is 11.8 Å². The quantitative estimate of drug-likeness (QED) is 0.253. The Morgan fingerprint density at radius 2 is 1.96 bits per heavy atom. The molecule has 0 aromatic heterocycles. The summed E-state index contributed by atoms with van der Waals surface area (Å²) in [6, 6.07) is 5.03. The van der Waals surface area contributed by atoms with Crippen molar-refractivity contribution in [2.75, 3.05) is 12.4 Å². The minimum atomic E-state index is -4.34. The van der Waals surface area contributed by atoms with Crippen molar-refractivity contribution in [3.8, 4) is 0 Å². The van der Waals surface area contributed by atoms with Gasteiger partial charge in [0.05, 0.1) is 16.8 Å². The van der Waals surface area contributed by atoms with Crippen LogP contribution in [0.5, 0.6) is 0 Å². The maximum absolute atomic E-state index is 12.6. The number of oxime groups is 1. The molecule has 0 aliphatic heterocycles. The highest BCUT2D eigenvalue weighted by Gasteiger charge is 2.30. The molecule has 2 rings (SSSR count). The van der Waals surface area contributed by atoms with Gasteiger partial charge < -0.3 is 9.94 Å². The molecule has 1 aromatic rings. The van der Waals surface area contributed by atoms with E-state index in [0.717, 1.165) is 23.4 Å². The Hall–Kier alpha value is -1.96. The van der Waals surface area contributed by atoms with Crippen molar-refractivity contribution in [3.05, 3.63) is 41.2 Å². The SMILES string of the molecule is CCCO/N=C(\C)C1=C(O)CC(CCSc2ccc(C(F)(F)F)cc2)CC1=O. The third-order valence-corrected chi connectivity index (χ3v) is 5.40. The number of halogens is 3. The highest BCUT2D eigenvalue weighted by Crippen LogP contribution is 2.33. The predicted octanol–water partition coefficient (Wildman–Crippen LogP) is 5.78. The van der Waals surface area contributed by atoms with Gasteiger partial charge in [-0.1, -0.05) is 12.1 Å².